The fraction of sp³-hybridized carbons (Fsp3) is 0.125. The molecule has 0 spiro atoms. The second-order valence-corrected chi connectivity index (χ2v) is 4.73. The number of hydrogen-bond acceptors (Lipinski definition) is 4. The first-order chi connectivity index (χ1) is 10.1. The Hall–Kier alpha value is -2.33. The molecule has 0 aromatic heterocycles. The van der Waals surface area contributed by atoms with E-state index in [1.54, 1.807) is 36.4 Å². The Morgan fingerprint density at radius 2 is 1.62 bits per heavy atom. The van der Waals surface area contributed by atoms with Crippen LogP contribution in [0.5, 0.6) is 5.75 Å². The Labute approximate surface area is 127 Å². The molecule has 108 valence electrons. The van der Waals surface area contributed by atoms with Gasteiger partial charge in [0.05, 0.1) is 19.1 Å². The molecule has 0 saturated heterocycles. The van der Waals surface area contributed by atoms with E-state index in [1.807, 2.05) is 0 Å². The van der Waals surface area contributed by atoms with Gasteiger partial charge in [-0.25, -0.2) is 4.79 Å². The standard InChI is InChI=1S/C16H13ClO4/c1-20-16(19)12-4-8-14(9-5-12)21-15(18)10-11-2-6-13(17)7-3-11/h2-9H,10H2,1H3. The summed E-state index contributed by atoms with van der Waals surface area (Å²) in [4.78, 5) is 23.1. The van der Waals surface area contributed by atoms with Crippen LogP contribution in [-0.4, -0.2) is 19.0 Å². The van der Waals surface area contributed by atoms with E-state index >= 15 is 0 Å². The third kappa shape index (κ3) is 4.33. The molecule has 0 bridgehead atoms. The quantitative estimate of drug-likeness (QED) is 0.642. The molecule has 0 radical (unpaired) electrons. The molecule has 0 unspecified atom stereocenters. The Balaban J connectivity index is 1.96. The third-order valence-electron chi connectivity index (χ3n) is 2.77. The molecule has 0 heterocycles. The molecule has 2 rings (SSSR count). The van der Waals surface area contributed by atoms with Crippen LogP contribution in [0.25, 0.3) is 0 Å². The maximum atomic E-state index is 11.8. The minimum Gasteiger partial charge on any atom is -0.465 e. The van der Waals surface area contributed by atoms with Gasteiger partial charge in [0.2, 0.25) is 0 Å². The molecular weight excluding hydrogens is 292 g/mol. The van der Waals surface area contributed by atoms with Gasteiger partial charge in [0.15, 0.2) is 0 Å². The number of esters is 2. The van der Waals surface area contributed by atoms with Gasteiger partial charge in [-0.05, 0) is 42.0 Å². The first-order valence-electron chi connectivity index (χ1n) is 6.22. The normalized spacial score (nSPS) is 10.0. The molecule has 0 aliphatic rings. The molecule has 21 heavy (non-hydrogen) atoms. The van der Waals surface area contributed by atoms with E-state index in [2.05, 4.69) is 4.74 Å². The highest BCUT2D eigenvalue weighted by Crippen LogP contribution is 2.15. The maximum absolute atomic E-state index is 11.8. The number of rotatable bonds is 4. The Morgan fingerprint density at radius 3 is 2.19 bits per heavy atom. The predicted molar refractivity (Wildman–Crippen MR) is 78.6 cm³/mol. The SMILES string of the molecule is COC(=O)c1ccc(OC(=O)Cc2ccc(Cl)cc2)cc1. The molecule has 4 nitrogen and oxygen atoms in total. The van der Waals surface area contributed by atoms with Crippen molar-refractivity contribution in [1.29, 1.82) is 0 Å². The highest BCUT2D eigenvalue weighted by molar-refractivity contribution is 6.30. The lowest BCUT2D eigenvalue weighted by atomic mass is 10.1. The smallest absolute Gasteiger partial charge is 0.337 e. The van der Waals surface area contributed by atoms with Gasteiger partial charge in [0.1, 0.15) is 5.75 Å². The Morgan fingerprint density at radius 1 is 1.00 bits per heavy atom. The number of methoxy groups -OCH3 is 1. The topological polar surface area (TPSA) is 52.6 Å². The summed E-state index contributed by atoms with van der Waals surface area (Å²) in [6.45, 7) is 0. The summed E-state index contributed by atoms with van der Waals surface area (Å²) in [5.74, 6) is -0.446. The van der Waals surface area contributed by atoms with Gasteiger partial charge < -0.3 is 9.47 Å². The van der Waals surface area contributed by atoms with E-state index in [1.165, 1.54) is 19.2 Å². The highest BCUT2D eigenvalue weighted by atomic mass is 35.5. The summed E-state index contributed by atoms with van der Waals surface area (Å²) >= 11 is 5.78. The lowest BCUT2D eigenvalue weighted by molar-refractivity contribution is -0.133. The van der Waals surface area contributed by atoms with Gasteiger partial charge in [-0.2, -0.15) is 0 Å². The number of benzene rings is 2. The molecule has 0 aliphatic heterocycles. The average Bonchev–Trinajstić information content (AvgIpc) is 2.49. The number of hydrogen-bond donors (Lipinski definition) is 0. The van der Waals surface area contributed by atoms with Crippen molar-refractivity contribution >= 4 is 23.5 Å². The van der Waals surface area contributed by atoms with Crippen LogP contribution in [0.4, 0.5) is 0 Å². The summed E-state index contributed by atoms with van der Waals surface area (Å²) < 4.78 is 9.78. The third-order valence-corrected chi connectivity index (χ3v) is 3.02. The van der Waals surface area contributed by atoms with Crippen molar-refractivity contribution in [2.24, 2.45) is 0 Å². The minimum absolute atomic E-state index is 0.149. The van der Waals surface area contributed by atoms with Crippen LogP contribution < -0.4 is 4.74 Å². The fourth-order valence-electron chi connectivity index (χ4n) is 1.71. The predicted octanol–water partition coefficient (Wildman–Crippen LogP) is 3.27. The second-order valence-electron chi connectivity index (χ2n) is 4.29. The van der Waals surface area contributed by atoms with Gasteiger partial charge >= 0.3 is 11.9 Å². The van der Waals surface area contributed by atoms with Crippen molar-refractivity contribution in [2.45, 2.75) is 6.42 Å². The Bertz CT molecular complexity index is 632. The lowest BCUT2D eigenvalue weighted by Gasteiger charge is -2.05. The van der Waals surface area contributed by atoms with Gasteiger partial charge in [-0.3, -0.25) is 4.79 Å². The van der Waals surface area contributed by atoms with Gasteiger partial charge in [0, 0.05) is 5.02 Å². The molecule has 0 N–H and O–H groups in total. The van der Waals surface area contributed by atoms with E-state index in [0.717, 1.165) is 5.56 Å². The van der Waals surface area contributed by atoms with Crippen LogP contribution in [0, 0.1) is 0 Å². The summed E-state index contributed by atoms with van der Waals surface area (Å²) in [6, 6.07) is 13.1. The molecule has 5 heteroatoms. The van der Waals surface area contributed by atoms with Crippen molar-refractivity contribution in [2.75, 3.05) is 7.11 Å². The molecule has 0 fully saturated rings. The number of carbonyl (C=O) groups is 2. The summed E-state index contributed by atoms with van der Waals surface area (Å²) in [6.07, 6.45) is 0.149. The van der Waals surface area contributed by atoms with Gasteiger partial charge in [-0.15, -0.1) is 0 Å². The molecule has 0 aliphatic carbocycles. The number of halogens is 1. The number of ether oxygens (including phenoxy) is 2. The summed E-state index contributed by atoms with van der Waals surface area (Å²) in [5, 5.41) is 0.616. The molecular formula is C16H13ClO4. The van der Waals surface area contributed by atoms with E-state index in [4.69, 9.17) is 16.3 Å². The van der Waals surface area contributed by atoms with Gasteiger partial charge in [0.25, 0.3) is 0 Å². The van der Waals surface area contributed by atoms with Crippen LogP contribution in [0.3, 0.4) is 0 Å². The van der Waals surface area contributed by atoms with E-state index in [0.29, 0.717) is 16.3 Å². The first kappa shape index (κ1) is 15.1. The molecule has 0 atom stereocenters. The van der Waals surface area contributed by atoms with Crippen molar-refractivity contribution in [3.63, 3.8) is 0 Å². The minimum atomic E-state index is -0.436. The molecule has 2 aromatic carbocycles. The van der Waals surface area contributed by atoms with Gasteiger partial charge in [-0.1, -0.05) is 23.7 Å². The monoisotopic (exact) mass is 304 g/mol. The first-order valence-corrected chi connectivity index (χ1v) is 6.60. The zero-order chi connectivity index (χ0) is 15.2. The van der Waals surface area contributed by atoms with Crippen molar-refractivity contribution in [3.05, 3.63) is 64.7 Å². The van der Waals surface area contributed by atoms with E-state index in [9.17, 15) is 9.59 Å². The number of carbonyl (C=O) groups excluding carboxylic acids is 2. The molecule has 0 saturated carbocycles. The van der Waals surface area contributed by atoms with Crippen LogP contribution in [0.15, 0.2) is 48.5 Å². The van der Waals surface area contributed by atoms with E-state index in [-0.39, 0.29) is 12.4 Å². The highest BCUT2D eigenvalue weighted by Gasteiger charge is 2.08. The van der Waals surface area contributed by atoms with Crippen LogP contribution in [0.1, 0.15) is 15.9 Å². The lowest BCUT2D eigenvalue weighted by Crippen LogP contribution is -2.11. The van der Waals surface area contributed by atoms with E-state index < -0.39 is 5.97 Å². The zero-order valence-electron chi connectivity index (χ0n) is 11.3. The van der Waals surface area contributed by atoms with Crippen LogP contribution in [0.2, 0.25) is 5.02 Å². The van der Waals surface area contributed by atoms with Crippen molar-refractivity contribution < 1.29 is 19.1 Å². The summed E-state index contributed by atoms with van der Waals surface area (Å²) in [5.41, 5.74) is 1.21. The molecule has 2 aromatic rings. The largest absolute Gasteiger partial charge is 0.465 e. The van der Waals surface area contributed by atoms with Crippen LogP contribution in [-0.2, 0) is 16.0 Å². The van der Waals surface area contributed by atoms with Crippen molar-refractivity contribution in [1.82, 2.24) is 0 Å². The maximum Gasteiger partial charge on any atom is 0.337 e. The average molecular weight is 305 g/mol. The molecule has 0 amide bonds. The zero-order valence-corrected chi connectivity index (χ0v) is 12.1. The Kier molecular flexibility index (Phi) is 4.95. The fourth-order valence-corrected chi connectivity index (χ4v) is 1.84. The van der Waals surface area contributed by atoms with Crippen LogP contribution >= 0.6 is 11.6 Å². The van der Waals surface area contributed by atoms with Crippen molar-refractivity contribution in [3.8, 4) is 5.75 Å². The summed E-state index contributed by atoms with van der Waals surface area (Å²) in [7, 11) is 1.31. The second kappa shape index (κ2) is 6.90.